The largest absolute Gasteiger partial charge is 0.497 e. The van der Waals surface area contributed by atoms with E-state index in [0.29, 0.717) is 0 Å². The summed E-state index contributed by atoms with van der Waals surface area (Å²) in [6.07, 6.45) is 0. The van der Waals surface area contributed by atoms with Gasteiger partial charge in [-0.15, -0.1) is 0 Å². The Morgan fingerprint density at radius 3 is 2.20 bits per heavy atom. The van der Waals surface area contributed by atoms with E-state index in [9.17, 15) is 0 Å². The van der Waals surface area contributed by atoms with Crippen molar-refractivity contribution in [2.24, 2.45) is 0 Å². The molecule has 3 aromatic carbocycles. The Labute approximate surface area is 176 Å². The Balaban J connectivity index is 1.84. The van der Waals surface area contributed by atoms with Crippen LogP contribution < -0.4 is 14.8 Å². The van der Waals surface area contributed by atoms with Gasteiger partial charge in [-0.2, -0.15) is 0 Å². The number of nitrogens with one attached hydrogen (secondary N) is 1. The van der Waals surface area contributed by atoms with Crippen LogP contribution in [0, 0.1) is 0 Å². The second kappa shape index (κ2) is 6.56. The van der Waals surface area contributed by atoms with Crippen molar-refractivity contribution in [1.82, 2.24) is 0 Å². The van der Waals surface area contributed by atoms with Gasteiger partial charge in [-0.05, 0) is 43.9 Å². The standard InChI is InChI=1S/C26H25NO3/c1-26(2,3)27-25-23(17-13-12-16(28-4)14-20(17)29-5)22-18-10-6-8-15-9-7-11-19(21(15)18)24(22)30-25/h6-14,27H,1-5H3. The van der Waals surface area contributed by atoms with Gasteiger partial charge in [0.05, 0.1) is 19.8 Å². The molecule has 0 amide bonds. The molecular weight excluding hydrogens is 374 g/mol. The smallest absolute Gasteiger partial charge is 0.202 e. The quantitative estimate of drug-likeness (QED) is 0.354. The Morgan fingerprint density at radius 1 is 0.800 bits per heavy atom. The van der Waals surface area contributed by atoms with Crippen LogP contribution in [0.2, 0.25) is 0 Å². The molecule has 0 aliphatic heterocycles. The molecule has 0 fully saturated rings. The summed E-state index contributed by atoms with van der Waals surface area (Å²) in [7, 11) is 3.35. The Hall–Kier alpha value is -3.40. The molecular formula is C26H25NO3. The highest BCUT2D eigenvalue weighted by atomic mass is 16.5. The number of benzene rings is 3. The van der Waals surface area contributed by atoms with Crippen LogP contribution in [0.25, 0.3) is 44.3 Å². The van der Waals surface area contributed by atoms with E-state index in [-0.39, 0.29) is 5.54 Å². The molecule has 0 saturated carbocycles. The first-order valence-corrected chi connectivity index (χ1v) is 10.1. The molecule has 0 spiro atoms. The maximum atomic E-state index is 6.52. The van der Waals surface area contributed by atoms with Gasteiger partial charge in [-0.3, -0.25) is 0 Å². The van der Waals surface area contributed by atoms with E-state index < -0.39 is 0 Å². The highest BCUT2D eigenvalue weighted by Gasteiger charge is 2.33. The summed E-state index contributed by atoms with van der Waals surface area (Å²) in [5.74, 6) is 3.16. The first kappa shape index (κ1) is 18.6. The van der Waals surface area contributed by atoms with Crippen LogP contribution in [0.5, 0.6) is 11.5 Å². The molecule has 0 saturated heterocycles. The monoisotopic (exact) mass is 399 g/mol. The van der Waals surface area contributed by atoms with Gasteiger partial charge in [0.15, 0.2) is 0 Å². The third-order valence-corrected chi connectivity index (χ3v) is 5.49. The molecule has 1 aliphatic rings. The van der Waals surface area contributed by atoms with E-state index >= 15 is 0 Å². The fourth-order valence-electron chi connectivity index (χ4n) is 4.31. The van der Waals surface area contributed by atoms with Crippen LogP contribution in [-0.4, -0.2) is 19.8 Å². The minimum Gasteiger partial charge on any atom is -0.497 e. The molecule has 1 aliphatic carbocycles. The molecule has 0 bridgehead atoms. The zero-order valence-corrected chi connectivity index (χ0v) is 17.9. The predicted molar refractivity (Wildman–Crippen MR) is 123 cm³/mol. The first-order chi connectivity index (χ1) is 14.4. The lowest BCUT2D eigenvalue weighted by Gasteiger charge is -2.22. The summed E-state index contributed by atoms with van der Waals surface area (Å²) in [5, 5.41) is 6.02. The van der Waals surface area contributed by atoms with Gasteiger partial charge in [-0.1, -0.05) is 36.4 Å². The summed E-state index contributed by atoms with van der Waals surface area (Å²) in [6.45, 7) is 6.39. The molecule has 1 heterocycles. The van der Waals surface area contributed by atoms with Crippen LogP contribution in [0.3, 0.4) is 0 Å². The lowest BCUT2D eigenvalue weighted by atomic mass is 9.96. The van der Waals surface area contributed by atoms with E-state index in [1.165, 1.54) is 16.3 Å². The molecule has 152 valence electrons. The Kier molecular flexibility index (Phi) is 4.07. The van der Waals surface area contributed by atoms with Gasteiger partial charge < -0.3 is 19.2 Å². The molecule has 0 atom stereocenters. The van der Waals surface area contributed by atoms with Gasteiger partial charge in [0.25, 0.3) is 0 Å². The van der Waals surface area contributed by atoms with Crippen molar-refractivity contribution in [3.63, 3.8) is 0 Å². The number of hydrogen-bond donors (Lipinski definition) is 1. The zero-order valence-electron chi connectivity index (χ0n) is 17.9. The summed E-state index contributed by atoms with van der Waals surface area (Å²) in [6, 6.07) is 18.7. The number of hydrogen-bond acceptors (Lipinski definition) is 4. The molecule has 4 nitrogen and oxygen atoms in total. The number of methoxy groups -OCH3 is 2. The molecule has 4 heteroatoms. The molecule has 4 aromatic rings. The predicted octanol–water partition coefficient (Wildman–Crippen LogP) is 6.97. The zero-order chi connectivity index (χ0) is 21.0. The topological polar surface area (TPSA) is 43.6 Å². The maximum absolute atomic E-state index is 6.52. The van der Waals surface area contributed by atoms with E-state index in [4.69, 9.17) is 13.9 Å². The van der Waals surface area contributed by atoms with Crippen LogP contribution in [0.1, 0.15) is 20.8 Å². The van der Waals surface area contributed by atoms with Crippen molar-refractivity contribution in [2.45, 2.75) is 26.3 Å². The fraction of sp³-hybridized carbons (Fsp3) is 0.231. The minimum atomic E-state index is -0.161. The third kappa shape index (κ3) is 2.75. The number of ether oxygens (including phenoxy) is 2. The van der Waals surface area contributed by atoms with Crippen molar-refractivity contribution in [1.29, 1.82) is 0 Å². The molecule has 1 aromatic heterocycles. The van der Waals surface area contributed by atoms with Crippen molar-refractivity contribution in [3.05, 3.63) is 54.6 Å². The third-order valence-electron chi connectivity index (χ3n) is 5.49. The summed E-state index contributed by atoms with van der Waals surface area (Å²) in [5.41, 5.74) is 5.26. The average Bonchev–Trinajstić information content (AvgIpc) is 3.23. The van der Waals surface area contributed by atoms with E-state index in [1.54, 1.807) is 14.2 Å². The van der Waals surface area contributed by atoms with E-state index in [1.807, 2.05) is 18.2 Å². The van der Waals surface area contributed by atoms with Crippen LogP contribution >= 0.6 is 0 Å². The number of anilines is 1. The normalized spacial score (nSPS) is 12.2. The van der Waals surface area contributed by atoms with Crippen molar-refractivity contribution in [2.75, 3.05) is 19.5 Å². The van der Waals surface area contributed by atoms with Crippen molar-refractivity contribution >= 4 is 16.7 Å². The van der Waals surface area contributed by atoms with E-state index in [2.05, 4.69) is 62.5 Å². The average molecular weight is 399 g/mol. The summed E-state index contributed by atoms with van der Waals surface area (Å²) in [4.78, 5) is 0. The van der Waals surface area contributed by atoms with Gasteiger partial charge in [0.2, 0.25) is 5.88 Å². The summed E-state index contributed by atoms with van der Waals surface area (Å²) >= 11 is 0. The Morgan fingerprint density at radius 2 is 1.53 bits per heavy atom. The second-order valence-corrected chi connectivity index (χ2v) is 8.66. The van der Waals surface area contributed by atoms with Crippen LogP contribution in [0.15, 0.2) is 59.0 Å². The fourth-order valence-corrected chi connectivity index (χ4v) is 4.31. The SMILES string of the molecule is COc1ccc(-c2c(NC(C)(C)C)oc3c2-c2cccc4cccc-3c24)c(OC)c1. The van der Waals surface area contributed by atoms with Crippen LogP contribution in [-0.2, 0) is 0 Å². The molecule has 5 rings (SSSR count). The number of rotatable bonds is 4. The van der Waals surface area contributed by atoms with Gasteiger partial charge >= 0.3 is 0 Å². The molecule has 1 N–H and O–H groups in total. The lowest BCUT2D eigenvalue weighted by Crippen LogP contribution is -2.26. The first-order valence-electron chi connectivity index (χ1n) is 10.1. The lowest BCUT2D eigenvalue weighted by molar-refractivity contribution is 0.395. The highest BCUT2D eigenvalue weighted by Crippen LogP contribution is 2.56. The maximum Gasteiger partial charge on any atom is 0.202 e. The minimum absolute atomic E-state index is 0.161. The second-order valence-electron chi connectivity index (χ2n) is 8.66. The van der Waals surface area contributed by atoms with Gasteiger partial charge in [0.1, 0.15) is 17.3 Å². The van der Waals surface area contributed by atoms with Crippen molar-refractivity contribution < 1.29 is 13.9 Å². The highest BCUT2D eigenvalue weighted by molar-refractivity contribution is 6.18. The van der Waals surface area contributed by atoms with Gasteiger partial charge in [-0.25, -0.2) is 0 Å². The van der Waals surface area contributed by atoms with E-state index in [0.717, 1.165) is 45.4 Å². The molecule has 0 radical (unpaired) electrons. The van der Waals surface area contributed by atoms with Crippen LogP contribution in [0.4, 0.5) is 5.88 Å². The molecule has 0 unspecified atom stereocenters. The number of furan rings is 1. The summed E-state index contributed by atoms with van der Waals surface area (Å²) < 4.78 is 17.7. The van der Waals surface area contributed by atoms with Crippen molar-refractivity contribution in [3.8, 4) is 45.1 Å². The molecule has 30 heavy (non-hydrogen) atoms. The van der Waals surface area contributed by atoms with Gasteiger partial charge in [0, 0.05) is 33.7 Å². The number of fused-ring (bicyclic) bond motifs is 3. The Bertz CT molecular complexity index is 1270.